The van der Waals surface area contributed by atoms with Crippen LogP contribution in [0.1, 0.15) is 36.8 Å². The van der Waals surface area contributed by atoms with Crippen molar-refractivity contribution in [1.29, 1.82) is 0 Å². The molecular formula is C30H33F8N3O5. The number of nitrogens with two attached hydrogens (primary N) is 1. The van der Waals surface area contributed by atoms with Gasteiger partial charge in [0.2, 0.25) is 5.91 Å². The zero-order valence-electron chi connectivity index (χ0n) is 24.7. The highest BCUT2D eigenvalue weighted by molar-refractivity contribution is 5.88. The molecule has 0 spiro atoms. The Hall–Kier alpha value is -4.05. The van der Waals surface area contributed by atoms with Crippen molar-refractivity contribution in [3.63, 3.8) is 0 Å². The first kappa shape index (κ1) is 38.1. The molecule has 2 aromatic rings. The third-order valence-corrected chi connectivity index (χ3v) is 7.10. The normalized spacial score (nSPS) is 18.5. The molecular weight excluding hydrogens is 634 g/mol. The first-order chi connectivity index (χ1) is 21.2. The van der Waals surface area contributed by atoms with E-state index in [-0.39, 0.29) is 23.9 Å². The molecule has 1 fully saturated rings. The van der Waals surface area contributed by atoms with Crippen LogP contribution in [0.4, 0.5) is 35.1 Å². The molecule has 4 N–H and O–H groups in total. The lowest BCUT2D eigenvalue weighted by molar-refractivity contribution is -0.193. The standard InChI is InChI=1S/C26H31F2N3O.2C2HF3O2/c1-30(2)14-6-13-26(20-7-4-3-5-8-20)16-19(22-15-21(27)11-12-23(22)28)17-31(26)25(32)24(29)18-9-10-18;2*3-2(4,5)1(6)7/h3-5,7-8,11-12,15-16,18,24H,6,9-10,13-14,17,29H2,1-2H3;2*(H,6,7)/t24-,26+;;/m0../s1. The van der Waals surface area contributed by atoms with Gasteiger partial charge in [-0.3, -0.25) is 4.79 Å². The summed E-state index contributed by atoms with van der Waals surface area (Å²) in [6.07, 6.45) is -4.79. The second kappa shape index (κ2) is 15.5. The Labute approximate surface area is 259 Å². The summed E-state index contributed by atoms with van der Waals surface area (Å²) in [6, 6.07) is 12.7. The van der Waals surface area contributed by atoms with Gasteiger partial charge >= 0.3 is 24.3 Å². The fraction of sp³-hybridized carbons (Fsp3) is 0.433. The van der Waals surface area contributed by atoms with Gasteiger partial charge in [0.25, 0.3) is 0 Å². The zero-order valence-corrected chi connectivity index (χ0v) is 24.7. The van der Waals surface area contributed by atoms with E-state index in [1.807, 2.05) is 50.5 Å². The van der Waals surface area contributed by atoms with Gasteiger partial charge in [0.1, 0.15) is 11.6 Å². The summed E-state index contributed by atoms with van der Waals surface area (Å²) in [5.74, 6) is -6.43. The summed E-state index contributed by atoms with van der Waals surface area (Å²) in [5.41, 5.74) is 7.38. The molecule has 2 atom stereocenters. The van der Waals surface area contributed by atoms with Crippen molar-refractivity contribution in [3.05, 3.63) is 77.4 Å². The molecule has 0 aromatic heterocycles. The number of rotatable bonds is 8. The van der Waals surface area contributed by atoms with Crippen LogP contribution in [0.25, 0.3) is 5.57 Å². The minimum Gasteiger partial charge on any atom is -0.475 e. The second-order valence-electron chi connectivity index (χ2n) is 10.9. The quantitative estimate of drug-likeness (QED) is 0.321. The second-order valence-corrected chi connectivity index (χ2v) is 10.9. The smallest absolute Gasteiger partial charge is 0.475 e. The monoisotopic (exact) mass is 667 g/mol. The third kappa shape index (κ3) is 10.5. The molecule has 0 radical (unpaired) electrons. The van der Waals surface area contributed by atoms with Gasteiger partial charge in [0.05, 0.1) is 11.6 Å². The van der Waals surface area contributed by atoms with Crippen molar-refractivity contribution in [2.45, 2.75) is 49.6 Å². The van der Waals surface area contributed by atoms with E-state index in [4.69, 9.17) is 25.5 Å². The number of carboxylic acids is 2. The molecule has 254 valence electrons. The van der Waals surface area contributed by atoms with Crippen LogP contribution in [-0.4, -0.2) is 83.4 Å². The van der Waals surface area contributed by atoms with Gasteiger partial charge in [-0.1, -0.05) is 30.3 Å². The van der Waals surface area contributed by atoms with E-state index >= 15 is 0 Å². The predicted octanol–water partition coefficient (Wildman–Crippen LogP) is 5.43. The van der Waals surface area contributed by atoms with Gasteiger partial charge in [-0.2, -0.15) is 26.3 Å². The highest BCUT2D eigenvalue weighted by Gasteiger charge is 2.48. The van der Waals surface area contributed by atoms with E-state index < -0.39 is 47.5 Å². The summed E-state index contributed by atoms with van der Waals surface area (Å²) in [4.78, 5) is 35.3. The maximum atomic E-state index is 14.7. The highest BCUT2D eigenvalue weighted by Crippen LogP contribution is 2.45. The van der Waals surface area contributed by atoms with Crippen LogP contribution in [0.3, 0.4) is 0 Å². The van der Waals surface area contributed by atoms with Gasteiger partial charge in [-0.05, 0) is 87.7 Å². The highest BCUT2D eigenvalue weighted by atomic mass is 19.4. The van der Waals surface area contributed by atoms with Crippen LogP contribution < -0.4 is 5.73 Å². The number of nitrogens with zero attached hydrogens (tertiary/aromatic N) is 2. The van der Waals surface area contributed by atoms with Crippen molar-refractivity contribution < 1.29 is 59.7 Å². The van der Waals surface area contributed by atoms with Crippen molar-refractivity contribution in [2.24, 2.45) is 11.7 Å². The van der Waals surface area contributed by atoms with Crippen LogP contribution in [0.15, 0.2) is 54.6 Å². The summed E-state index contributed by atoms with van der Waals surface area (Å²) in [5, 5.41) is 14.2. The number of aliphatic carboxylic acids is 2. The number of halogens is 8. The molecule has 0 saturated heterocycles. The molecule has 0 bridgehead atoms. The minimum absolute atomic E-state index is 0.121. The SMILES string of the molecule is CN(C)CCC[C@]1(c2ccccc2)C=C(c2cc(F)ccc2F)CN1C(=O)[C@@H](N)C1CC1.O=C(O)C(F)(F)F.O=C(O)C(F)(F)F. The molecule has 8 nitrogen and oxygen atoms in total. The Morgan fingerprint density at radius 1 is 0.957 bits per heavy atom. The van der Waals surface area contributed by atoms with Crippen molar-refractivity contribution in [2.75, 3.05) is 27.2 Å². The average Bonchev–Trinajstić information content (AvgIpc) is 3.74. The summed E-state index contributed by atoms with van der Waals surface area (Å²) >= 11 is 0. The molecule has 1 aliphatic heterocycles. The lowest BCUT2D eigenvalue weighted by atomic mass is 9.83. The number of carbonyl (C=O) groups excluding carboxylic acids is 1. The van der Waals surface area contributed by atoms with Gasteiger partial charge in [-0.25, -0.2) is 18.4 Å². The number of benzene rings is 2. The summed E-state index contributed by atoms with van der Waals surface area (Å²) in [7, 11) is 4.03. The minimum atomic E-state index is -5.08. The van der Waals surface area contributed by atoms with Gasteiger partial charge in [0, 0.05) is 12.1 Å². The fourth-order valence-electron chi connectivity index (χ4n) is 4.72. The largest absolute Gasteiger partial charge is 0.490 e. The lowest BCUT2D eigenvalue weighted by Crippen LogP contribution is -2.52. The van der Waals surface area contributed by atoms with Crippen LogP contribution in [0.5, 0.6) is 0 Å². The van der Waals surface area contributed by atoms with Crippen molar-refractivity contribution in [1.82, 2.24) is 9.80 Å². The molecule has 4 rings (SSSR count). The number of carboxylic acid groups (broad SMARTS) is 2. The molecule has 2 aromatic carbocycles. The van der Waals surface area contributed by atoms with Gasteiger partial charge in [-0.15, -0.1) is 0 Å². The molecule has 1 saturated carbocycles. The molecule has 16 heteroatoms. The predicted molar refractivity (Wildman–Crippen MR) is 150 cm³/mol. The summed E-state index contributed by atoms with van der Waals surface area (Å²) < 4.78 is 92.2. The van der Waals surface area contributed by atoms with E-state index in [1.165, 1.54) is 6.07 Å². The number of alkyl halides is 6. The Kier molecular flexibility index (Phi) is 12.8. The Bertz CT molecular complexity index is 1370. The van der Waals surface area contributed by atoms with Crippen molar-refractivity contribution >= 4 is 23.4 Å². The van der Waals surface area contributed by atoms with E-state index in [1.54, 1.807) is 4.90 Å². The topological polar surface area (TPSA) is 124 Å². The number of amides is 1. The molecule has 1 aliphatic carbocycles. The van der Waals surface area contributed by atoms with Crippen LogP contribution in [-0.2, 0) is 19.9 Å². The molecule has 1 heterocycles. The Morgan fingerprint density at radius 2 is 1.48 bits per heavy atom. The number of carbonyl (C=O) groups is 3. The summed E-state index contributed by atoms with van der Waals surface area (Å²) in [6.45, 7) is 1.05. The van der Waals surface area contributed by atoms with E-state index in [9.17, 15) is 39.9 Å². The Morgan fingerprint density at radius 3 is 1.93 bits per heavy atom. The van der Waals surface area contributed by atoms with Gasteiger partial charge in [0.15, 0.2) is 0 Å². The van der Waals surface area contributed by atoms with Crippen LogP contribution in [0, 0.1) is 17.6 Å². The average molecular weight is 668 g/mol. The maximum Gasteiger partial charge on any atom is 0.490 e. The van der Waals surface area contributed by atoms with E-state index in [0.29, 0.717) is 12.0 Å². The molecule has 0 unspecified atom stereocenters. The zero-order chi connectivity index (χ0) is 35.0. The van der Waals surface area contributed by atoms with Gasteiger partial charge < -0.3 is 25.7 Å². The van der Waals surface area contributed by atoms with Crippen LogP contribution in [0.2, 0.25) is 0 Å². The lowest BCUT2D eigenvalue weighted by Gasteiger charge is -2.40. The van der Waals surface area contributed by atoms with E-state index in [0.717, 1.165) is 43.5 Å². The first-order valence-corrected chi connectivity index (χ1v) is 13.8. The molecule has 1 amide bonds. The number of hydrogen-bond acceptors (Lipinski definition) is 5. The number of hydrogen-bond donors (Lipinski definition) is 3. The van der Waals surface area contributed by atoms with E-state index in [2.05, 4.69) is 4.90 Å². The Balaban J connectivity index is 0.000000440. The molecule has 2 aliphatic rings. The van der Waals surface area contributed by atoms with Crippen LogP contribution >= 0.6 is 0 Å². The maximum absolute atomic E-state index is 14.7. The third-order valence-electron chi connectivity index (χ3n) is 7.10. The fourth-order valence-corrected chi connectivity index (χ4v) is 4.72. The van der Waals surface area contributed by atoms with Crippen molar-refractivity contribution in [3.8, 4) is 0 Å². The first-order valence-electron chi connectivity index (χ1n) is 13.8. The molecule has 46 heavy (non-hydrogen) atoms.